The minimum atomic E-state index is -0.249. The minimum Gasteiger partial charge on any atom is -0.368 e. The molecule has 0 bridgehead atoms. The largest absolute Gasteiger partial charge is 0.368 e. The minimum absolute atomic E-state index is 0.0395. The summed E-state index contributed by atoms with van der Waals surface area (Å²) in [6, 6.07) is 17.8. The number of nitrogens with one attached hydrogen (secondary N) is 4. The Morgan fingerprint density at radius 2 is 1.78 bits per heavy atom. The van der Waals surface area contributed by atoms with Gasteiger partial charge in [0.1, 0.15) is 0 Å². The van der Waals surface area contributed by atoms with Gasteiger partial charge in [0, 0.05) is 52.3 Å². The van der Waals surface area contributed by atoms with Crippen molar-refractivity contribution in [3.8, 4) is 0 Å². The summed E-state index contributed by atoms with van der Waals surface area (Å²) in [7, 11) is 0. The Kier molecular flexibility index (Phi) is 7.25. The van der Waals surface area contributed by atoms with Crippen LogP contribution in [0.2, 0.25) is 0 Å². The fourth-order valence-corrected chi connectivity index (χ4v) is 5.76. The lowest BCUT2D eigenvalue weighted by Gasteiger charge is -2.37. The van der Waals surface area contributed by atoms with E-state index in [1.807, 2.05) is 47.8 Å². The van der Waals surface area contributed by atoms with Gasteiger partial charge < -0.3 is 20.9 Å². The van der Waals surface area contributed by atoms with Gasteiger partial charge in [-0.25, -0.2) is 0 Å². The fourth-order valence-electron chi connectivity index (χ4n) is 4.90. The molecule has 37 heavy (non-hydrogen) atoms. The zero-order valence-electron chi connectivity index (χ0n) is 21.2. The summed E-state index contributed by atoms with van der Waals surface area (Å²) in [5, 5.41) is 19.5. The lowest BCUT2D eigenvalue weighted by Crippen LogP contribution is -2.54. The molecule has 2 aromatic carbocycles. The van der Waals surface area contributed by atoms with E-state index >= 15 is 0 Å². The monoisotopic (exact) mass is 516 g/mol. The van der Waals surface area contributed by atoms with Crippen molar-refractivity contribution in [2.75, 3.05) is 23.3 Å². The van der Waals surface area contributed by atoms with Gasteiger partial charge in [0.05, 0.1) is 11.6 Å². The van der Waals surface area contributed by atoms with Gasteiger partial charge in [-0.3, -0.25) is 14.7 Å². The lowest BCUT2D eigenvalue weighted by atomic mass is 10.1. The number of fused-ring (bicyclic) bond motifs is 1. The van der Waals surface area contributed by atoms with E-state index in [2.05, 4.69) is 51.8 Å². The highest BCUT2D eigenvalue weighted by molar-refractivity contribution is 7.10. The van der Waals surface area contributed by atoms with Crippen LogP contribution in [0.15, 0.2) is 60.0 Å². The molecule has 5 rings (SSSR count). The van der Waals surface area contributed by atoms with Crippen LogP contribution in [0.25, 0.3) is 10.9 Å². The third kappa shape index (κ3) is 5.52. The number of piperazine rings is 1. The Morgan fingerprint density at radius 3 is 2.46 bits per heavy atom. The second-order valence-electron chi connectivity index (χ2n) is 9.66. The van der Waals surface area contributed by atoms with Crippen LogP contribution < -0.4 is 20.9 Å². The van der Waals surface area contributed by atoms with Gasteiger partial charge in [-0.15, -0.1) is 11.3 Å². The first kappa shape index (κ1) is 25.0. The van der Waals surface area contributed by atoms with Crippen molar-refractivity contribution in [2.45, 2.75) is 45.3 Å². The number of aromatic amines is 1. The van der Waals surface area contributed by atoms with E-state index in [4.69, 9.17) is 0 Å². The van der Waals surface area contributed by atoms with E-state index < -0.39 is 0 Å². The summed E-state index contributed by atoms with van der Waals surface area (Å²) in [6.07, 6.45) is 0.799. The smallest absolute Gasteiger partial charge is 0.256 e. The summed E-state index contributed by atoms with van der Waals surface area (Å²) in [5.41, 5.74) is 2.91. The summed E-state index contributed by atoms with van der Waals surface area (Å²) in [6.45, 7) is 8.27. The standard InChI is InChI=1S/C28H32N6O2S/c1-4-23(25-6-5-13-37-25)30-28(36)20-9-12-24-22(14-20)26(33-32-24)31-27(35)19-7-10-21(11-8-19)34-15-17(2)29-18(3)16-34/h5-14,17-18,23,29H,4,15-16H2,1-3H3,(H,30,36)(H2,31,32,33,35). The van der Waals surface area contributed by atoms with Gasteiger partial charge in [-0.2, -0.15) is 5.10 Å². The van der Waals surface area contributed by atoms with Crippen LogP contribution in [-0.4, -0.2) is 47.2 Å². The molecule has 0 radical (unpaired) electrons. The van der Waals surface area contributed by atoms with Crippen molar-refractivity contribution in [1.82, 2.24) is 20.8 Å². The molecule has 3 heterocycles. The van der Waals surface area contributed by atoms with E-state index in [9.17, 15) is 9.59 Å². The lowest BCUT2D eigenvalue weighted by molar-refractivity contribution is 0.0935. The van der Waals surface area contributed by atoms with E-state index in [0.29, 0.717) is 34.4 Å². The molecule has 4 N–H and O–H groups in total. The predicted molar refractivity (Wildman–Crippen MR) is 150 cm³/mol. The molecule has 3 unspecified atom stereocenters. The summed E-state index contributed by atoms with van der Waals surface area (Å²) < 4.78 is 0. The number of carbonyl (C=O) groups excluding carboxylic acids is 2. The van der Waals surface area contributed by atoms with E-state index in [-0.39, 0.29) is 17.9 Å². The molecule has 8 nitrogen and oxygen atoms in total. The summed E-state index contributed by atoms with van der Waals surface area (Å²) >= 11 is 1.63. The number of carbonyl (C=O) groups is 2. The second kappa shape index (κ2) is 10.7. The molecule has 0 saturated carbocycles. The SMILES string of the molecule is CCC(NC(=O)c1ccc2[nH]nc(NC(=O)c3ccc(N4CC(C)NC(C)C4)cc3)c2c1)c1cccs1. The van der Waals surface area contributed by atoms with Crippen LogP contribution in [0.5, 0.6) is 0 Å². The first-order valence-corrected chi connectivity index (χ1v) is 13.5. The van der Waals surface area contributed by atoms with Crippen molar-refractivity contribution in [1.29, 1.82) is 0 Å². The summed E-state index contributed by atoms with van der Waals surface area (Å²) in [5.74, 6) is -0.0119. The molecule has 1 fully saturated rings. The zero-order chi connectivity index (χ0) is 25.9. The summed E-state index contributed by atoms with van der Waals surface area (Å²) in [4.78, 5) is 29.5. The third-order valence-electron chi connectivity index (χ3n) is 6.71. The number of anilines is 2. The van der Waals surface area contributed by atoms with Crippen LogP contribution in [0, 0.1) is 0 Å². The highest BCUT2D eigenvalue weighted by Gasteiger charge is 2.22. The number of aromatic nitrogens is 2. The number of hydrogen-bond acceptors (Lipinski definition) is 6. The maximum Gasteiger partial charge on any atom is 0.256 e. The maximum absolute atomic E-state index is 13.0. The third-order valence-corrected chi connectivity index (χ3v) is 7.70. The van der Waals surface area contributed by atoms with E-state index in [1.54, 1.807) is 23.5 Å². The van der Waals surface area contributed by atoms with Crippen LogP contribution in [0.3, 0.4) is 0 Å². The Balaban J connectivity index is 1.29. The first-order valence-electron chi connectivity index (χ1n) is 12.7. The quantitative estimate of drug-likeness (QED) is 0.279. The van der Waals surface area contributed by atoms with Crippen molar-refractivity contribution in [3.63, 3.8) is 0 Å². The number of amides is 2. The van der Waals surface area contributed by atoms with Gasteiger partial charge in [0.2, 0.25) is 0 Å². The molecule has 192 valence electrons. The molecule has 1 aliphatic rings. The normalized spacial score (nSPS) is 18.5. The number of rotatable bonds is 7. The molecule has 1 saturated heterocycles. The van der Waals surface area contributed by atoms with E-state index in [1.165, 1.54) is 0 Å². The van der Waals surface area contributed by atoms with Crippen molar-refractivity contribution in [3.05, 3.63) is 76.0 Å². The van der Waals surface area contributed by atoms with Crippen LogP contribution >= 0.6 is 11.3 Å². The second-order valence-corrected chi connectivity index (χ2v) is 10.6. The molecule has 0 spiro atoms. The number of thiophene rings is 1. The topological polar surface area (TPSA) is 102 Å². The highest BCUT2D eigenvalue weighted by atomic mass is 32.1. The molecular weight excluding hydrogens is 484 g/mol. The molecule has 2 amide bonds. The molecule has 1 aliphatic heterocycles. The Hall–Kier alpha value is -3.69. The van der Waals surface area contributed by atoms with Crippen molar-refractivity contribution < 1.29 is 9.59 Å². The number of benzene rings is 2. The maximum atomic E-state index is 13.0. The number of hydrogen-bond donors (Lipinski definition) is 4. The molecular formula is C28H32N6O2S. The first-order chi connectivity index (χ1) is 17.9. The zero-order valence-corrected chi connectivity index (χ0v) is 22.1. The van der Waals surface area contributed by atoms with Gasteiger partial charge >= 0.3 is 0 Å². The average Bonchev–Trinajstić information content (AvgIpc) is 3.57. The fraction of sp³-hybridized carbons (Fsp3) is 0.321. The van der Waals surface area contributed by atoms with E-state index in [0.717, 1.165) is 35.6 Å². The van der Waals surface area contributed by atoms with Gasteiger partial charge in [-0.1, -0.05) is 13.0 Å². The van der Waals surface area contributed by atoms with Crippen LogP contribution in [0.4, 0.5) is 11.5 Å². The number of H-pyrrole nitrogens is 1. The molecule has 0 aliphatic carbocycles. The van der Waals surface area contributed by atoms with Crippen LogP contribution in [0.1, 0.15) is 58.8 Å². The molecule has 9 heteroatoms. The molecule has 3 atom stereocenters. The molecule has 2 aromatic heterocycles. The predicted octanol–water partition coefficient (Wildman–Crippen LogP) is 4.94. The Bertz CT molecular complexity index is 1370. The number of nitrogens with zero attached hydrogens (tertiary/aromatic N) is 2. The highest BCUT2D eigenvalue weighted by Crippen LogP contribution is 2.25. The Morgan fingerprint density at radius 1 is 1.05 bits per heavy atom. The van der Waals surface area contributed by atoms with Crippen LogP contribution in [-0.2, 0) is 0 Å². The Labute approximate surface area is 220 Å². The van der Waals surface area contributed by atoms with Crippen molar-refractivity contribution >= 4 is 45.6 Å². The molecule has 4 aromatic rings. The van der Waals surface area contributed by atoms with Gasteiger partial charge in [-0.05, 0) is 74.2 Å². The average molecular weight is 517 g/mol. The van der Waals surface area contributed by atoms with Gasteiger partial charge in [0.15, 0.2) is 5.82 Å². The van der Waals surface area contributed by atoms with Gasteiger partial charge in [0.25, 0.3) is 11.8 Å². The van der Waals surface area contributed by atoms with Crippen molar-refractivity contribution in [2.24, 2.45) is 0 Å².